The van der Waals surface area contributed by atoms with Crippen molar-refractivity contribution in [1.29, 1.82) is 0 Å². The maximum Gasteiger partial charge on any atom is 0.220 e. The SMILES string of the molecule is COc1ccccc1CNC(=O)CCc1nc2cccnc2n1-c1ccccc1. The van der Waals surface area contributed by atoms with Gasteiger partial charge in [0.15, 0.2) is 5.65 Å². The van der Waals surface area contributed by atoms with Crippen LogP contribution in [0.15, 0.2) is 72.9 Å². The van der Waals surface area contributed by atoms with E-state index in [9.17, 15) is 4.79 Å². The van der Waals surface area contributed by atoms with E-state index in [1.54, 1.807) is 13.3 Å². The Kier molecular flexibility index (Phi) is 5.52. The van der Waals surface area contributed by atoms with E-state index in [0.717, 1.165) is 34.0 Å². The standard InChI is InChI=1S/C23H22N4O2/c1-29-20-12-6-5-8-17(20)16-25-22(28)14-13-21-26-19-11-7-15-24-23(19)27(21)18-9-3-2-4-10-18/h2-12,15H,13-14,16H2,1H3,(H,25,28). The Morgan fingerprint density at radius 3 is 2.66 bits per heavy atom. The smallest absolute Gasteiger partial charge is 0.220 e. The molecule has 0 aliphatic carbocycles. The summed E-state index contributed by atoms with van der Waals surface area (Å²) < 4.78 is 7.35. The van der Waals surface area contributed by atoms with Crippen LogP contribution >= 0.6 is 0 Å². The highest BCUT2D eigenvalue weighted by Crippen LogP contribution is 2.21. The van der Waals surface area contributed by atoms with Gasteiger partial charge in [0.1, 0.15) is 17.1 Å². The van der Waals surface area contributed by atoms with Crippen LogP contribution in [0.5, 0.6) is 5.75 Å². The molecule has 0 bridgehead atoms. The van der Waals surface area contributed by atoms with Gasteiger partial charge in [-0.2, -0.15) is 0 Å². The van der Waals surface area contributed by atoms with Crippen LogP contribution in [-0.2, 0) is 17.8 Å². The molecule has 0 spiro atoms. The Bertz CT molecular complexity index is 1120. The molecule has 2 heterocycles. The minimum Gasteiger partial charge on any atom is -0.496 e. The van der Waals surface area contributed by atoms with Gasteiger partial charge in [-0.15, -0.1) is 0 Å². The second kappa shape index (κ2) is 8.56. The first kappa shape index (κ1) is 18.7. The molecule has 6 heteroatoms. The van der Waals surface area contributed by atoms with Gasteiger partial charge in [-0.05, 0) is 30.3 Å². The zero-order valence-electron chi connectivity index (χ0n) is 16.2. The molecule has 29 heavy (non-hydrogen) atoms. The molecule has 0 atom stereocenters. The number of rotatable bonds is 7. The number of aryl methyl sites for hydroxylation is 1. The van der Waals surface area contributed by atoms with E-state index in [4.69, 9.17) is 9.72 Å². The Balaban J connectivity index is 1.49. The largest absolute Gasteiger partial charge is 0.496 e. The van der Waals surface area contributed by atoms with Crippen molar-refractivity contribution in [3.63, 3.8) is 0 Å². The zero-order valence-corrected chi connectivity index (χ0v) is 16.2. The molecule has 0 saturated carbocycles. The molecule has 1 amide bonds. The van der Waals surface area contributed by atoms with Crippen molar-refractivity contribution >= 4 is 17.1 Å². The quantitative estimate of drug-likeness (QED) is 0.526. The van der Waals surface area contributed by atoms with Crippen LogP contribution in [0.1, 0.15) is 17.8 Å². The van der Waals surface area contributed by atoms with Crippen LogP contribution in [0.25, 0.3) is 16.9 Å². The molecular weight excluding hydrogens is 364 g/mol. The van der Waals surface area contributed by atoms with Crippen LogP contribution in [0.4, 0.5) is 0 Å². The van der Waals surface area contributed by atoms with E-state index in [1.165, 1.54) is 0 Å². The molecule has 0 fully saturated rings. The zero-order chi connectivity index (χ0) is 20.1. The number of amides is 1. The van der Waals surface area contributed by atoms with Crippen LogP contribution in [0.2, 0.25) is 0 Å². The van der Waals surface area contributed by atoms with Crippen molar-refractivity contribution in [2.75, 3.05) is 7.11 Å². The number of methoxy groups -OCH3 is 1. The summed E-state index contributed by atoms with van der Waals surface area (Å²) in [7, 11) is 1.63. The molecule has 0 saturated heterocycles. The van der Waals surface area contributed by atoms with Gasteiger partial charge in [0, 0.05) is 36.8 Å². The van der Waals surface area contributed by atoms with Gasteiger partial charge >= 0.3 is 0 Å². The number of fused-ring (bicyclic) bond motifs is 1. The average Bonchev–Trinajstić information content (AvgIpc) is 3.15. The number of aromatic nitrogens is 3. The average molecular weight is 386 g/mol. The molecule has 0 aliphatic rings. The number of nitrogens with one attached hydrogen (secondary N) is 1. The maximum atomic E-state index is 12.4. The summed E-state index contributed by atoms with van der Waals surface area (Å²) in [5.74, 6) is 1.55. The van der Waals surface area contributed by atoms with Crippen molar-refractivity contribution < 1.29 is 9.53 Å². The Labute approximate surface area is 169 Å². The van der Waals surface area contributed by atoms with E-state index in [1.807, 2.05) is 71.3 Å². The number of pyridine rings is 1. The first-order valence-corrected chi connectivity index (χ1v) is 9.52. The van der Waals surface area contributed by atoms with Crippen LogP contribution in [-0.4, -0.2) is 27.6 Å². The maximum absolute atomic E-state index is 12.4. The fourth-order valence-electron chi connectivity index (χ4n) is 3.33. The number of hydrogen-bond acceptors (Lipinski definition) is 4. The van der Waals surface area contributed by atoms with Gasteiger partial charge in [0.25, 0.3) is 0 Å². The van der Waals surface area contributed by atoms with Gasteiger partial charge in [-0.25, -0.2) is 9.97 Å². The molecule has 4 rings (SSSR count). The number of para-hydroxylation sites is 2. The number of carbonyl (C=O) groups is 1. The summed E-state index contributed by atoms with van der Waals surface area (Å²) in [5.41, 5.74) is 3.55. The highest BCUT2D eigenvalue weighted by Gasteiger charge is 2.14. The third kappa shape index (κ3) is 4.11. The molecule has 2 aromatic carbocycles. The second-order valence-corrected chi connectivity index (χ2v) is 6.63. The molecule has 0 aliphatic heterocycles. The summed E-state index contributed by atoms with van der Waals surface area (Å²) in [6.07, 6.45) is 2.61. The van der Waals surface area contributed by atoms with Crippen LogP contribution < -0.4 is 10.1 Å². The molecule has 0 unspecified atom stereocenters. The van der Waals surface area contributed by atoms with Crippen molar-refractivity contribution in [2.24, 2.45) is 0 Å². The van der Waals surface area contributed by atoms with Crippen molar-refractivity contribution in [3.8, 4) is 11.4 Å². The summed E-state index contributed by atoms with van der Waals surface area (Å²) in [4.78, 5) is 21.6. The van der Waals surface area contributed by atoms with E-state index < -0.39 is 0 Å². The topological polar surface area (TPSA) is 69.0 Å². The second-order valence-electron chi connectivity index (χ2n) is 6.63. The normalized spacial score (nSPS) is 10.8. The van der Waals surface area contributed by atoms with E-state index >= 15 is 0 Å². The molecule has 0 radical (unpaired) electrons. The molecule has 1 N–H and O–H groups in total. The molecule has 146 valence electrons. The number of nitrogens with zero attached hydrogens (tertiary/aromatic N) is 3. The van der Waals surface area contributed by atoms with E-state index in [-0.39, 0.29) is 5.91 Å². The lowest BCUT2D eigenvalue weighted by atomic mass is 10.2. The van der Waals surface area contributed by atoms with Gasteiger partial charge in [0.05, 0.1) is 7.11 Å². The van der Waals surface area contributed by atoms with Crippen molar-refractivity contribution in [1.82, 2.24) is 19.9 Å². The lowest BCUT2D eigenvalue weighted by Gasteiger charge is -2.10. The number of imidazole rings is 1. The van der Waals surface area contributed by atoms with Crippen molar-refractivity contribution in [3.05, 3.63) is 84.3 Å². The first-order valence-electron chi connectivity index (χ1n) is 9.52. The fraction of sp³-hybridized carbons (Fsp3) is 0.174. The van der Waals surface area contributed by atoms with Crippen LogP contribution in [0.3, 0.4) is 0 Å². The first-order chi connectivity index (χ1) is 14.3. The van der Waals surface area contributed by atoms with Crippen molar-refractivity contribution in [2.45, 2.75) is 19.4 Å². The summed E-state index contributed by atoms with van der Waals surface area (Å²) in [5, 5.41) is 2.97. The third-order valence-electron chi connectivity index (χ3n) is 4.74. The minimum absolute atomic E-state index is 0.0319. The molecule has 2 aromatic heterocycles. The van der Waals surface area contributed by atoms with Gasteiger partial charge < -0.3 is 10.1 Å². The predicted octanol–water partition coefficient (Wildman–Crippen LogP) is 3.68. The monoisotopic (exact) mass is 386 g/mol. The number of ether oxygens (including phenoxy) is 1. The fourth-order valence-corrected chi connectivity index (χ4v) is 3.33. The molecule has 4 aromatic rings. The number of hydrogen-bond donors (Lipinski definition) is 1. The summed E-state index contributed by atoms with van der Waals surface area (Å²) >= 11 is 0. The Morgan fingerprint density at radius 2 is 1.83 bits per heavy atom. The van der Waals surface area contributed by atoms with Gasteiger partial charge in [-0.3, -0.25) is 9.36 Å². The lowest BCUT2D eigenvalue weighted by molar-refractivity contribution is -0.121. The van der Waals surface area contributed by atoms with E-state index in [2.05, 4.69) is 10.3 Å². The highest BCUT2D eigenvalue weighted by molar-refractivity contribution is 5.77. The summed E-state index contributed by atoms with van der Waals surface area (Å²) in [6, 6.07) is 21.4. The third-order valence-corrected chi connectivity index (χ3v) is 4.74. The Morgan fingerprint density at radius 1 is 1.03 bits per heavy atom. The van der Waals surface area contributed by atoms with Gasteiger partial charge in [-0.1, -0.05) is 36.4 Å². The Hall–Kier alpha value is -3.67. The highest BCUT2D eigenvalue weighted by atomic mass is 16.5. The minimum atomic E-state index is -0.0319. The number of benzene rings is 2. The molecule has 6 nitrogen and oxygen atoms in total. The summed E-state index contributed by atoms with van der Waals surface area (Å²) in [6.45, 7) is 0.430. The molecular formula is C23H22N4O2. The lowest BCUT2D eigenvalue weighted by Crippen LogP contribution is -2.23. The van der Waals surface area contributed by atoms with Crippen LogP contribution in [0, 0.1) is 0 Å². The van der Waals surface area contributed by atoms with E-state index in [0.29, 0.717) is 19.4 Å². The predicted molar refractivity (Wildman–Crippen MR) is 112 cm³/mol. The van der Waals surface area contributed by atoms with Gasteiger partial charge in [0.2, 0.25) is 5.91 Å². The number of carbonyl (C=O) groups excluding carboxylic acids is 1.